The summed E-state index contributed by atoms with van der Waals surface area (Å²) in [5.74, 6) is 0. The van der Waals surface area contributed by atoms with Gasteiger partial charge in [0.25, 0.3) is 0 Å². The van der Waals surface area contributed by atoms with E-state index in [1.54, 1.807) is 0 Å². The first kappa shape index (κ1) is 16.2. The normalized spacial score (nSPS) is 14.3. The van der Waals surface area contributed by atoms with Crippen LogP contribution >= 0.6 is 0 Å². The molecule has 0 fully saturated rings. The molecule has 108 valence electrons. The molecule has 0 aliphatic carbocycles. The zero-order valence-electron chi connectivity index (χ0n) is 13.0. The average Bonchev–Trinajstić information content (AvgIpc) is 2.45. The van der Waals surface area contributed by atoms with Gasteiger partial charge in [-0.15, -0.1) is 0 Å². The molecule has 1 unspecified atom stereocenters. The summed E-state index contributed by atoms with van der Waals surface area (Å²) in [7, 11) is 0. The molecule has 1 atom stereocenters. The predicted molar refractivity (Wildman–Crippen MR) is 85.4 cm³/mol. The molecule has 1 aromatic rings. The van der Waals surface area contributed by atoms with Gasteiger partial charge in [-0.1, -0.05) is 77.1 Å². The van der Waals surface area contributed by atoms with Crippen molar-refractivity contribution in [1.82, 2.24) is 0 Å². The number of rotatable bonds is 9. The zero-order chi connectivity index (χ0) is 14.1. The first-order valence-electron chi connectivity index (χ1n) is 7.95. The number of hydrogen-bond donors (Lipinski definition) is 1. The van der Waals surface area contributed by atoms with Crippen LogP contribution in [0.25, 0.3) is 0 Å². The van der Waals surface area contributed by atoms with Crippen molar-refractivity contribution < 1.29 is 0 Å². The van der Waals surface area contributed by atoms with E-state index < -0.39 is 0 Å². The Hall–Kier alpha value is -0.820. The van der Waals surface area contributed by atoms with Crippen molar-refractivity contribution in [2.45, 2.75) is 77.7 Å². The Labute approximate surface area is 119 Å². The molecule has 0 saturated carbocycles. The summed E-state index contributed by atoms with van der Waals surface area (Å²) in [4.78, 5) is 0. The summed E-state index contributed by atoms with van der Waals surface area (Å²) in [6.45, 7) is 7.64. The Morgan fingerprint density at radius 3 is 2.00 bits per heavy atom. The van der Waals surface area contributed by atoms with Crippen LogP contribution in [0, 0.1) is 0 Å². The maximum absolute atomic E-state index is 5.69. The van der Waals surface area contributed by atoms with E-state index in [9.17, 15) is 0 Å². The Bertz CT molecular complexity index is 341. The van der Waals surface area contributed by atoms with Gasteiger partial charge < -0.3 is 5.73 Å². The van der Waals surface area contributed by atoms with Gasteiger partial charge in [-0.05, 0) is 29.4 Å². The number of unbranched alkanes of at least 4 members (excludes halogenated alkanes) is 3. The van der Waals surface area contributed by atoms with E-state index in [0.29, 0.717) is 12.0 Å². The van der Waals surface area contributed by atoms with Crippen LogP contribution in [-0.2, 0) is 12.0 Å². The van der Waals surface area contributed by atoms with Crippen molar-refractivity contribution in [2.75, 3.05) is 0 Å². The number of benzene rings is 1. The van der Waals surface area contributed by atoms with E-state index >= 15 is 0 Å². The van der Waals surface area contributed by atoms with Crippen LogP contribution in [0.2, 0.25) is 0 Å². The van der Waals surface area contributed by atoms with Crippen LogP contribution in [0.4, 0.5) is 0 Å². The molecule has 0 aromatic heterocycles. The molecular formula is C18H31N. The fourth-order valence-corrected chi connectivity index (χ4v) is 2.79. The Kier molecular flexibility index (Phi) is 7.15. The van der Waals surface area contributed by atoms with Gasteiger partial charge in [0.15, 0.2) is 0 Å². The fraction of sp³-hybridized carbons (Fsp3) is 0.667. The van der Waals surface area contributed by atoms with E-state index in [0.717, 1.165) is 0 Å². The van der Waals surface area contributed by atoms with E-state index in [-0.39, 0.29) is 0 Å². The quantitative estimate of drug-likeness (QED) is 0.609. The van der Waals surface area contributed by atoms with Crippen molar-refractivity contribution in [3.63, 3.8) is 0 Å². The number of hydrogen-bond acceptors (Lipinski definition) is 1. The highest BCUT2D eigenvalue weighted by Crippen LogP contribution is 2.35. The van der Waals surface area contributed by atoms with Gasteiger partial charge in [0.2, 0.25) is 0 Å². The molecule has 0 radical (unpaired) electrons. The highest BCUT2D eigenvalue weighted by atomic mass is 14.5. The first-order valence-corrected chi connectivity index (χ1v) is 7.95. The van der Waals surface area contributed by atoms with Crippen molar-refractivity contribution in [2.24, 2.45) is 5.73 Å². The Balaban J connectivity index is 2.80. The minimum atomic E-state index is 0.346. The smallest absolute Gasteiger partial charge is 0.0178 e. The third-order valence-corrected chi connectivity index (χ3v) is 4.30. The Morgan fingerprint density at radius 2 is 1.47 bits per heavy atom. The van der Waals surface area contributed by atoms with Gasteiger partial charge in [0, 0.05) is 6.54 Å². The standard InChI is InChI=1S/C18H31N/c1-4-6-8-14-18(3,13-7-5-2)17-11-9-16(15-19)10-12-17/h9-12H,4-8,13-15,19H2,1-3H3. The van der Waals surface area contributed by atoms with Gasteiger partial charge >= 0.3 is 0 Å². The molecule has 0 saturated heterocycles. The lowest BCUT2D eigenvalue weighted by molar-refractivity contribution is 0.371. The van der Waals surface area contributed by atoms with Gasteiger partial charge in [0.1, 0.15) is 0 Å². The lowest BCUT2D eigenvalue weighted by Gasteiger charge is -2.31. The van der Waals surface area contributed by atoms with Crippen molar-refractivity contribution in [3.8, 4) is 0 Å². The minimum absolute atomic E-state index is 0.346. The molecule has 1 rings (SSSR count). The predicted octanol–water partition coefficient (Wildman–Crippen LogP) is 5.17. The lowest BCUT2D eigenvalue weighted by atomic mass is 9.74. The summed E-state index contributed by atoms with van der Waals surface area (Å²) < 4.78 is 0. The van der Waals surface area contributed by atoms with E-state index in [1.807, 2.05) is 0 Å². The molecule has 1 aromatic carbocycles. The second-order valence-corrected chi connectivity index (χ2v) is 6.02. The average molecular weight is 261 g/mol. The molecular weight excluding hydrogens is 230 g/mol. The maximum Gasteiger partial charge on any atom is 0.0178 e. The molecule has 0 heterocycles. The largest absolute Gasteiger partial charge is 0.326 e. The summed E-state index contributed by atoms with van der Waals surface area (Å²) in [5.41, 5.74) is 8.76. The maximum atomic E-state index is 5.69. The molecule has 0 aliphatic heterocycles. The Morgan fingerprint density at radius 1 is 0.895 bits per heavy atom. The summed E-state index contributed by atoms with van der Waals surface area (Å²) in [6, 6.07) is 8.98. The van der Waals surface area contributed by atoms with Crippen molar-refractivity contribution in [3.05, 3.63) is 35.4 Å². The second kappa shape index (κ2) is 8.37. The molecule has 0 bridgehead atoms. The molecule has 2 N–H and O–H groups in total. The van der Waals surface area contributed by atoms with E-state index in [1.165, 1.54) is 56.1 Å². The van der Waals surface area contributed by atoms with Gasteiger partial charge in [-0.3, -0.25) is 0 Å². The van der Waals surface area contributed by atoms with Gasteiger partial charge in [-0.2, -0.15) is 0 Å². The molecule has 1 nitrogen and oxygen atoms in total. The SMILES string of the molecule is CCCCCC(C)(CCCC)c1ccc(CN)cc1. The van der Waals surface area contributed by atoms with Crippen LogP contribution in [0.5, 0.6) is 0 Å². The molecule has 19 heavy (non-hydrogen) atoms. The lowest BCUT2D eigenvalue weighted by Crippen LogP contribution is -2.22. The highest BCUT2D eigenvalue weighted by Gasteiger charge is 2.25. The molecule has 0 spiro atoms. The summed E-state index contributed by atoms with van der Waals surface area (Å²) in [5, 5.41) is 0. The topological polar surface area (TPSA) is 26.0 Å². The van der Waals surface area contributed by atoms with Gasteiger partial charge in [-0.25, -0.2) is 0 Å². The second-order valence-electron chi connectivity index (χ2n) is 6.02. The zero-order valence-corrected chi connectivity index (χ0v) is 13.0. The summed E-state index contributed by atoms with van der Waals surface area (Å²) >= 11 is 0. The number of nitrogens with two attached hydrogens (primary N) is 1. The molecule has 0 amide bonds. The van der Waals surface area contributed by atoms with Crippen molar-refractivity contribution in [1.29, 1.82) is 0 Å². The van der Waals surface area contributed by atoms with E-state index in [4.69, 9.17) is 5.73 Å². The van der Waals surface area contributed by atoms with Crippen LogP contribution in [-0.4, -0.2) is 0 Å². The van der Waals surface area contributed by atoms with E-state index in [2.05, 4.69) is 45.0 Å². The van der Waals surface area contributed by atoms with Crippen LogP contribution in [0.15, 0.2) is 24.3 Å². The minimum Gasteiger partial charge on any atom is -0.326 e. The first-order chi connectivity index (χ1) is 9.16. The van der Waals surface area contributed by atoms with Gasteiger partial charge in [0.05, 0.1) is 0 Å². The highest BCUT2D eigenvalue weighted by molar-refractivity contribution is 5.28. The summed E-state index contributed by atoms with van der Waals surface area (Å²) in [6.07, 6.45) is 9.21. The van der Waals surface area contributed by atoms with Crippen molar-refractivity contribution >= 4 is 0 Å². The third-order valence-electron chi connectivity index (χ3n) is 4.30. The van der Waals surface area contributed by atoms with Crippen LogP contribution < -0.4 is 5.73 Å². The van der Waals surface area contributed by atoms with Crippen LogP contribution in [0.3, 0.4) is 0 Å². The molecule has 1 heteroatoms. The molecule has 0 aliphatic rings. The third kappa shape index (κ3) is 4.99. The fourth-order valence-electron chi connectivity index (χ4n) is 2.79. The van der Waals surface area contributed by atoms with Crippen LogP contribution in [0.1, 0.15) is 76.8 Å². The monoisotopic (exact) mass is 261 g/mol.